The van der Waals surface area contributed by atoms with Gasteiger partial charge in [-0.25, -0.2) is 0 Å². The molecule has 0 aromatic rings. The Balaban J connectivity index is 0. The molecule has 0 aromatic carbocycles. The molecule has 5 nitrogen and oxygen atoms in total. The van der Waals surface area contributed by atoms with Gasteiger partial charge in [0.05, 0.1) is 19.8 Å². The Hall–Kier alpha value is 1.15. The zero-order valence-electron chi connectivity index (χ0n) is 25.8. The summed E-state index contributed by atoms with van der Waals surface area (Å²) in [7, 11) is -5.88. The van der Waals surface area contributed by atoms with E-state index in [4.69, 9.17) is 22.8 Å². The third-order valence-electron chi connectivity index (χ3n) is 5.96. The lowest BCUT2D eigenvalue weighted by molar-refractivity contribution is 0.0924. The first kappa shape index (κ1) is 39.3. The number of aliphatic hydroxyl groups is 1. The predicted molar refractivity (Wildman–Crippen MR) is 173 cm³/mol. The molecular formula is C26H63BrO5Si4. The Kier molecular flexibility index (Phi) is 23.9. The fourth-order valence-corrected chi connectivity index (χ4v) is 22.7. The van der Waals surface area contributed by atoms with Crippen molar-refractivity contribution < 1.29 is 22.8 Å². The predicted octanol–water partition coefficient (Wildman–Crippen LogP) is 8.63. The molecular weight excluding hydrogens is 585 g/mol. The van der Waals surface area contributed by atoms with Crippen molar-refractivity contribution in [3.63, 3.8) is 0 Å². The Morgan fingerprint density at radius 2 is 0.861 bits per heavy atom. The number of hydrogen-bond donors (Lipinski definition) is 1. The van der Waals surface area contributed by atoms with Crippen LogP contribution in [-0.4, -0.2) is 76.7 Å². The molecule has 0 saturated carbocycles. The van der Waals surface area contributed by atoms with E-state index in [1.165, 1.54) is 43.8 Å². The summed E-state index contributed by atoms with van der Waals surface area (Å²) in [5.41, 5.74) is 0. The molecule has 36 heavy (non-hydrogen) atoms. The average molecular weight is 648 g/mol. The largest absolute Gasteiger partial charge is 0.455 e. The maximum atomic E-state index is 8.63. The van der Waals surface area contributed by atoms with Crippen LogP contribution in [0.25, 0.3) is 0 Å². The van der Waals surface area contributed by atoms with E-state index in [-0.39, 0.29) is 6.61 Å². The second kappa shape index (κ2) is 21.9. The van der Waals surface area contributed by atoms with Crippen LogP contribution in [0.2, 0.25) is 76.6 Å². The third-order valence-corrected chi connectivity index (χ3v) is 21.4. The van der Waals surface area contributed by atoms with Crippen LogP contribution in [0.4, 0.5) is 0 Å². The normalized spacial score (nSPS) is 13.0. The topological polar surface area (TPSA) is 57.2 Å². The highest BCUT2D eigenvalue weighted by Crippen LogP contribution is 2.25. The number of unbranched alkanes of at least 4 members (excludes halogenated alkanes) is 2. The van der Waals surface area contributed by atoms with E-state index in [0.717, 1.165) is 44.0 Å². The van der Waals surface area contributed by atoms with Gasteiger partial charge in [-0.2, -0.15) is 0 Å². The van der Waals surface area contributed by atoms with Gasteiger partial charge in [-0.05, 0) is 89.4 Å². The molecule has 0 aliphatic rings. The highest BCUT2D eigenvalue weighted by atomic mass is 79.9. The minimum absolute atomic E-state index is 0.119. The van der Waals surface area contributed by atoms with Gasteiger partial charge in [0.1, 0.15) is 0 Å². The van der Waals surface area contributed by atoms with Gasteiger partial charge in [-0.1, -0.05) is 55.5 Å². The van der Waals surface area contributed by atoms with E-state index in [1.54, 1.807) is 0 Å². The maximum Gasteiger partial charge on any atom is 0.173 e. The quantitative estimate of drug-likeness (QED) is 0.0724. The lowest BCUT2D eigenvalue weighted by atomic mass is 10.4. The molecule has 0 unspecified atom stereocenters. The Morgan fingerprint density at radius 1 is 0.528 bits per heavy atom. The summed E-state index contributed by atoms with van der Waals surface area (Å²) in [6.07, 6.45) is 7.35. The van der Waals surface area contributed by atoms with Crippen molar-refractivity contribution in [2.75, 3.05) is 38.4 Å². The summed E-state index contributed by atoms with van der Waals surface area (Å²) < 4.78 is 23.9. The maximum absolute atomic E-state index is 8.63. The number of halogens is 1. The van der Waals surface area contributed by atoms with Crippen molar-refractivity contribution in [1.29, 1.82) is 0 Å². The molecule has 0 radical (unpaired) electrons. The number of hydrogen-bond acceptors (Lipinski definition) is 5. The molecule has 0 aliphatic carbocycles. The molecule has 0 atom stereocenters. The third kappa shape index (κ3) is 26.7. The Labute approximate surface area is 238 Å². The highest BCUT2D eigenvalue weighted by molar-refractivity contribution is 9.09. The van der Waals surface area contributed by atoms with Crippen LogP contribution in [0.3, 0.4) is 0 Å². The van der Waals surface area contributed by atoms with E-state index in [9.17, 15) is 0 Å². The lowest BCUT2D eigenvalue weighted by Crippen LogP contribution is -2.44. The van der Waals surface area contributed by atoms with Crippen molar-refractivity contribution in [1.82, 2.24) is 0 Å². The van der Waals surface area contributed by atoms with Gasteiger partial charge in [-0.3, -0.25) is 0 Å². The Bertz CT molecular complexity index is 465. The lowest BCUT2D eigenvalue weighted by Gasteiger charge is -2.34. The number of alkyl halides is 1. The zero-order chi connectivity index (χ0) is 28.1. The molecule has 0 saturated heterocycles. The van der Waals surface area contributed by atoms with Gasteiger partial charge in [0, 0.05) is 18.5 Å². The summed E-state index contributed by atoms with van der Waals surface area (Å²) in [6, 6.07) is 4.96. The van der Waals surface area contributed by atoms with Crippen molar-refractivity contribution in [2.24, 2.45) is 0 Å². The first-order valence-electron chi connectivity index (χ1n) is 14.4. The van der Waals surface area contributed by atoms with Gasteiger partial charge in [0.2, 0.25) is 0 Å². The minimum Gasteiger partial charge on any atom is -0.455 e. The van der Waals surface area contributed by atoms with Crippen LogP contribution in [0.15, 0.2) is 0 Å². The average Bonchev–Trinajstić information content (AvgIpc) is 2.75. The van der Waals surface area contributed by atoms with Crippen LogP contribution in [-0.2, 0) is 17.7 Å². The first-order valence-corrected chi connectivity index (χ1v) is 28.0. The molecule has 1 N–H and O–H groups in total. The van der Waals surface area contributed by atoms with E-state index < -0.39 is 33.3 Å². The fourth-order valence-electron chi connectivity index (χ4n) is 4.43. The Morgan fingerprint density at radius 3 is 1.17 bits per heavy atom. The van der Waals surface area contributed by atoms with Gasteiger partial charge >= 0.3 is 0 Å². The fraction of sp³-hybridized carbons (Fsp3) is 1.00. The van der Waals surface area contributed by atoms with E-state index in [1.807, 2.05) is 0 Å². The van der Waals surface area contributed by atoms with Crippen molar-refractivity contribution in [3.05, 3.63) is 0 Å². The number of ether oxygens (including phenoxy) is 2. The van der Waals surface area contributed by atoms with Crippen LogP contribution >= 0.6 is 15.9 Å². The van der Waals surface area contributed by atoms with Crippen molar-refractivity contribution >= 4 is 49.2 Å². The first-order chi connectivity index (χ1) is 16.7. The molecule has 0 rings (SSSR count). The molecule has 0 aliphatic heterocycles. The molecule has 10 heteroatoms. The van der Waals surface area contributed by atoms with E-state index in [2.05, 4.69) is 82.2 Å². The van der Waals surface area contributed by atoms with Crippen molar-refractivity contribution in [3.8, 4) is 0 Å². The monoisotopic (exact) mass is 646 g/mol. The molecule has 220 valence electrons. The molecule has 0 spiro atoms. The van der Waals surface area contributed by atoms with Gasteiger partial charge in [0.25, 0.3) is 0 Å². The summed E-state index contributed by atoms with van der Waals surface area (Å²) >= 11 is 3.37. The van der Waals surface area contributed by atoms with Gasteiger partial charge in [-0.15, -0.1) is 0 Å². The smallest absolute Gasteiger partial charge is 0.173 e. The molecule has 0 bridgehead atoms. The van der Waals surface area contributed by atoms with Gasteiger partial charge < -0.3 is 22.8 Å². The second-order valence-corrected chi connectivity index (χ2v) is 30.8. The summed E-state index contributed by atoms with van der Waals surface area (Å²) in [5, 5.41) is 9.56. The molecule has 0 amide bonds. The van der Waals surface area contributed by atoms with E-state index >= 15 is 0 Å². The highest BCUT2D eigenvalue weighted by Gasteiger charge is 2.33. The minimum atomic E-state index is -1.53. The zero-order valence-corrected chi connectivity index (χ0v) is 31.4. The summed E-state index contributed by atoms with van der Waals surface area (Å²) in [6.45, 7) is 26.3. The number of aliphatic hydroxyl groups excluding tert-OH is 1. The summed E-state index contributed by atoms with van der Waals surface area (Å²) in [5.74, 6) is 0. The second-order valence-electron chi connectivity index (χ2n) is 12.3. The molecule has 0 fully saturated rings. The van der Waals surface area contributed by atoms with Crippen LogP contribution < -0.4 is 0 Å². The molecule has 0 aromatic heterocycles. The standard InChI is InChI=1S/C13H31BrO2Si2.C13H32O3Si2/c2*1-6-7-12-17(2,3)16-18(4,5)13-8-10-15-11-9-14/h6-13H2,1-5H3;14H,6-13H2,1-5H3. The van der Waals surface area contributed by atoms with Crippen LogP contribution in [0, 0.1) is 0 Å². The van der Waals surface area contributed by atoms with Crippen LogP contribution in [0.1, 0.15) is 52.4 Å². The summed E-state index contributed by atoms with van der Waals surface area (Å²) in [4.78, 5) is 0. The van der Waals surface area contributed by atoms with Crippen LogP contribution in [0.5, 0.6) is 0 Å². The SMILES string of the molecule is CCCC[Si](C)(C)O[Si](C)(C)CCCOCCBr.CCCC[Si](C)(C)O[Si](C)(C)CCCOCCO. The molecule has 0 heterocycles. The number of rotatable bonds is 22. The van der Waals surface area contributed by atoms with E-state index in [0.29, 0.717) is 6.61 Å². The van der Waals surface area contributed by atoms with Crippen molar-refractivity contribution in [2.45, 2.75) is 129 Å². The van der Waals surface area contributed by atoms with Gasteiger partial charge in [0.15, 0.2) is 33.3 Å².